The maximum absolute atomic E-state index is 8.88. The van der Waals surface area contributed by atoms with Gasteiger partial charge in [-0.1, -0.05) is 35.5 Å². The van der Waals surface area contributed by atoms with E-state index in [0.29, 0.717) is 19.8 Å². The Hall–Kier alpha value is -1.59. The average Bonchev–Trinajstić information content (AvgIpc) is 2.46. The summed E-state index contributed by atoms with van der Waals surface area (Å²) in [5.74, 6) is 0.0672. The van der Waals surface area contributed by atoms with Crippen molar-refractivity contribution in [2.75, 3.05) is 19.8 Å². The molecular formula is C14H23N3O2. The first-order valence-electron chi connectivity index (χ1n) is 6.52. The van der Waals surface area contributed by atoms with Crippen molar-refractivity contribution >= 4 is 5.84 Å². The molecule has 0 bridgehead atoms. The van der Waals surface area contributed by atoms with Crippen LogP contribution < -0.4 is 11.1 Å². The van der Waals surface area contributed by atoms with E-state index in [1.807, 2.05) is 44.2 Å². The molecule has 0 aliphatic rings. The van der Waals surface area contributed by atoms with Crippen LogP contribution in [0.5, 0.6) is 0 Å². The van der Waals surface area contributed by atoms with E-state index in [1.165, 1.54) is 0 Å². The summed E-state index contributed by atoms with van der Waals surface area (Å²) >= 11 is 0. The summed E-state index contributed by atoms with van der Waals surface area (Å²) in [6.07, 6.45) is 0. The van der Waals surface area contributed by atoms with Gasteiger partial charge >= 0.3 is 0 Å². The number of oxime groups is 1. The molecule has 0 spiro atoms. The fourth-order valence-electron chi connectivity index (χ4n) is 1.82. The predicted octanol–water partition coefficient (Wildman–Crippen LogP) is 1.53. The standard InChI is InChI=1S/C14H23N3O2/c1-3-19-10-11(2)16-9-13(14(15)17-18)12-7-5-4-6-8-12/h4-8,11,13,16,18H,3,9-10H2,1-2H3,(H2,15,17). The molecule has 1 aromatic rings. The Bertz CT molecular complexity index is 382. The van der Waals surface area contributed by atoms with Gasteiger partial charge in [0, 0.05) is 19.2 Å². The van der Waals surface area contributed by atoms with Crippen LogP contribution in [0, 0.1) is 0 Å². The third kappa shape index (κ3) is 5.28. The molecule has 0 amide bonds. The highest BCUT2D eigenvalue weighted by Gasteiger charge is 2.17. The minimum absolute atomic E-state index is 0.143. The molecule has 0 aromatic heterocycles. The Labute approximate surface area is 114 Å². The van der Waals surface area contributed by atoms with Crippen LogP contribution in [-0.2, 0) is 4.74 Å². The van der Waals surface area contributed by atoms with E-state index in [-0.39, 0.29) is 17.8 Å². The van der Waals surface area contributed by atoms with Gasteiger partial charge in [0.2, 0.25) is 0 Å². The van der Waals surface area contributed by atoms with Crippen LogP contribution in [0.3, 0.4) is 0 Å². The Morgan fingerprint density at radius 2 is 2.11 bits per heavy atom. The highest BCUT2D eigenvalue weighted by atomic mass is 16.5. The smallest absolute Gasteiger partial charge is 0.147 e. The van der Waals surface area contributed by atoms with Gasteiger partial charge in [-0.15, -0.1) is 0 Å². The van der Waals surface area contributed by atoms with Gasteiger partial charge in [-0.25, -0.2) is 0 Å². The number of benzene rings is 1. The van der Waals surface area contributed by atoms with Gasteiger partial charge in [0.1, 0.15) is 5.84 Å². The fourth-order valence-corrected chi connectivity index (χ4v) is 1.82. The number of nitrogens with two attached hydrogens (primary N) is 1. The zero-order valence-corrected chi connectivity index (χ0v) is 11.5. The van der Waals surface area contributed by atoms with Crippen molar-refractivity contribution in [3.63, 3.8) is 0 Å². The van der Waals surface area contributed by atoms with E-state index in [9.17, 15) is 0 Å². The van der Waals surface area contributed by atoms with Crippen LogP contribution >= 0.6 is 0 Å². The molecule has 5 heteroatoms. The van der Waals surface area contributed by atoms with Crippen molar-refractivity contribution in [1.29, 1.82) is 0 Å². The maximum Gasteiger partial charge on any atom is 0.147 e. The largest absolute Gasteiger partial charge is 0.409 e. The summed E-state index contributed by atoms with van der Waals surface area (Å²) in [6, 6.07) is 9.98. The number of ether oxygens (including phenoxy) is 1. The van der Waals surface area contributed by atoms with Crippen LogP contribution in [0.2, 0.25) is 0 Å². The van der Waals surface area contributed by atoms with Gasteiger partial charge < -0.3 is 21.0 Å². The molecule has 0 saturated heterocycles. The molecule has 19 heavy (non-hydrogen) atoms. The lowest BCUT2D eigenvalue weighted by molar-refractivity contribution is 0.127. The zero-order chi connectivity index (χ0) is 14.1. The van der Waals surface area contributed by atoms with Crippen molar-refractivity contribution in [1.82, 2.24) is 5.32 Å². The first kappa shape index (κ1) is 15.5. The monoisotopic (exact) mass is 265 g/mol. The molecule has 5 nitrogen and oxygen atoms in total. The van der Waals surface area contributed by atoms with Gasteiger partial charge in [-0.05, 0) is 19.4 Å². The van der Waals surface area contributed by atoms with Crippen molar-refractivity contribution in [2.45, 2.75) is 25.8 Å². The number of rotatable bonds is 8. The van der Waals surface area contributed by atoms with Crippen molar-refractivity contribution in [2.24, 2.45) is 10.9 Å². The van der Waals surface area contributed by atoms with Crippen LogP contribution in [-0.4, -0.2) is 36.8 Å². The van der Waals surface area contributed by atoms with Gasteiger partial charge in [0.15, 0.2) is 0 Å². The molecule has 106 valence electrons. The van der Waals surface area contributed by atoms with Crippen LogP contribution in [0.15, 0.2) is 35.5 Å². The van der Waals surface area contributed by atoms with Gasteiger partial charge in [-0.2, -0.15) is 0 Å². The maximum atomic E-state index is 8.88. The van der Waals surface area contributed by atoms with Crippen LogP contribution in [0.1, 0.15) is 25.3 Å². The zero-order valence-electron chi connectivity index (χ0n) is 11.5. The molecule has 4 N–H and O–H groups in total. The average molecular weight is 265 g/mol. The minimum atomic E-state index is -0.143. The molecular weight excluding hydrogens is 242 g/mol. The number of hydrogen-bond acceptors (Lipinski definition) is 4. The number of hydrogen-bond donors (Lipinski definition) is 3. The second-order valence-corrected chi connectivity index (χ2v) is 4.46. The third-order valence-electron chi connectivity index (χ3n) is 2.92. The first-order valence-corrected chi connectivity index (χ1v) is 6.52. The van der Waals surface area contributed by atoms with Crippen LogP contribution in [0.4, 0.5) is 0 Å². The predicted molar refractivity (Wildman–Crippen MR) is 76.5 cm³/mol. The van der Waals surface area contributed by atoms with E-state index in [1.54, 1.807) is 0 Å². The van der Waals surface area contributed by atoms with Gasteiger partial charge in [0.05, 0.1) is 12.5 Å². The highest BCUT2D eigenvalue weighted by Crippen LogP contribution is 2.15. The summed E-state index contributed by atoms with van der Waals surface area (Å²) < 4.78 is 5.35. The Kier molecular flexibility index (Phi) is 6.92. The molecule has 0 saturated carbocycles. The summed E-state index contributed by atoms with van der Waals surface area (Å²) in [5.41, 5.74) is 6.79. The molecule has 2 atom stereocenters. The molecule has 0 radical (unpaired) electrons. The fraction of sp³-hybridized carbons (Fsp3) is 0.500. The quantitative estimate of drug-likeness (QED) is 0.288. The van der Waals surface area contributed by atoms with E-state index in [2.05, 4.69) is 10.5 Å². The van der Waals surface area contributed by atoms with E-state index < -0.39 is 0 Å². The van der Waals surface area contributed by atoms with Crippen molar-refractivity contribution < 1.29 is 9.94 Å². The van der Waals surface area contributed by atoms with Crippen molar-refractivity contribution in [3.05, 3.63) is 35.9 Å². The summed E-state index contributed by atoms with van der Waals surface area (Å²) in [7, 11) is 0. The molecule has 0 aliphatic carbocycles. The van der Waals surface area contributed by atoms with Gasteiger partial charge in [-0.3, -0.25) is 0 Å². The van der Waals surface area contributed by atoms with Gasteiger partial charge in [0.25, 0.3) is 0 Å². The van der Waals surface area contributed by atoms with E-state index in [4.69, 9.17) is 15.7 Å². The SMILES string of the molecule is CCOCC(C)NCC(C(N)=NO)c1ccccc1. The number of nitrogens with one attached hydrogen (secondary N) is 1. The molecule has 1 rings (SSSR count). The number of amidine groups is 1. The number of nitrogens with zero attached hydrogens (tertiary/aromatic N) is 1. The third-order valence-corrected chi connectivity index (χ3v) is 2.92. The molecule has 0 aliphatic heterocycles. The molecule has 0 fully saturated rings. The summed E-state index contributed by atoms with van der Waals surface area (Å²) in [5, 5.41) is 15.3. The Morgan fingerprint density at radius 3 is 2.68 bits per heavy atom. The lowest BCUT2D eigenvalue weighted by Gasteiger charge is -2.20. The topological polar surface area (TPSA) is 79.9 Å². The normalized spacial score (nSPS) is 15.2. The highest BCUT2D eigenvalue weighted by molar-refractivity contribution is 5.87. The van der Waals surface area contributed by atoms with E-state index in [0.717, 1.165) is 5.56 Å². The summed E-state index contributed by atoms with van der Waals surface area (Å²) in [4.78, 5) is 0. The Morgan fingerprint density at radius 1 is 1.42 bits per heavy atom. The summed E-state index contributed by atoms with van der Waals surface area (Å²) in [6.45, 7) is 5.97. The molecule has 0 heterocycles. The lowest BCUT2D eigenvalue weighted by atomic mass is 9.98. The van der Waals surface area contributed by atoms with Crippen LogP contribution in [0.25, 0.3) is 0 Å². The minimum Gasteiger partial charge on any atom is -0.409 e. The van der Waals surface area contributed by atoms with Crippen molar-refractivity contribution in [3.8, 4) is 0 Å². The Balaban J connectivity index is 2.62. The lowest BCUT2D eigenvalue weighted by Crippen LogP contribution is -2.38. The molecule has 2 unspecified atom stereocenters. The first-order chi connectivity index (χ1) is 9.19. The molecule has 1 aromatic carbocycles. The second kappa shape index (κ2) is 8.50. The van der Waals surface area contributed by atoms with E-state index >= 15 is 0 Å². The second-order valence-electron chi connectivity index (χ2n) is 4.46.